The summed E-state index contributed by atoms with van der Waals surface area (Å²) in [5.41, 5.74) is 0. The summed E-state index contributed by atoms with van der Waals surface area (Å²) in [4.78, 5) is 2.09. The van der Waals surface area contributed by atoms with Crippen LogP contribution in [-0.2, 0) is 9.84 Å². The molecule has 0 aromatic carbocycles. The summed E-state index contributed by atoms with van der Waals surface area (Å²) in [7, 11) is -0.830. The highest BCUT2D eigenvalue weighted by Gasteiger charge is 2.21. The molecule has 0 spiro atoms. The topological polar surface area (TPSA) is 49.4 Å². The van der Waals surface area contributed by atoms with E-state index in [1.54, 1.807) is 0 Å². The summed E-state index contributed by atoms with van der Waals surface area (Å²) < 4.78 is 21.6. The molecule has 72 valence electrons. The lowest BCUT2D eigenvalue weighted by Gasteiger charge is -2.35. The van der Waals surface area contributed by atoms with Crippen LogP contribution in [0.15, 0.2) is 0 Å². The quantitative estimate of drug-likeness (QED) is 0.616. The first-order chi connectivity index (χ1) is 5.49. The standard InChI is InChI=1S/C7H16N2O2S/c1-9(7-5-8-6-7)3-4-12(2,10)11/h7-8H,3-6H2,1-2H3. The molecule has 0 radical (unpaired) electrons. The molecule has 0 aromatic rings. The van der Waals surface area contributed by atoms with Gasteiger partial charge in [-0.3, -0.25) is 4.90 Å². The number of nitrogens with one attached hydrogen (secondary N) is 1. The van der Waals surface area contributed by atoms with Crippen molar-refractivity contribution in [2.24, 2.45) is 0 Å². The summed E-state index contributed by atoms with van der Waals surface area (Å²) in [6.45, 7) is 2.62. The molecule has 5 heteroatoms. The highest BCUT2D eigenvalue weighted by Crippen LogP contribution is 2.01. The van der Waals surface area contributed by atoms with Crippen molar-refractivity contribution in [2.75, 3.05) is 38.7 Å². The van der Waals surface area contributed by atoms with E-state index in [1.165, 1.54) is 6.26 Å². The predicted octanol–water partition coefficient (Wildman–Crippen LogP) is -1.07. The first-order valence-electron chi connectivity index (χ1n) is 4.08. The third-order valence-electron chi connectivity index (χ3n) is 2.20. The van der Waals surface area contributed by atoms with Crippen LogP contribution in [0.25, 0.3) is 0 Å². The summed E-state index contributed by atoms with van der Waals surface area (Å²) in [5, 5.41) is 3.15. The van der Waals surface area contributed by atoms with Crippen LogP contribution in [0.4, 0.5) is 0 Å². The van der Waals surface area contributed by atoms with E-state index in [-0.39, 0.29) is 5.75 Å². The van der Waals surface area contributed by atoms with Crippen LogP contribution in [0.1, 0.15) is 0 Å². The highest BCUT2D eigenvalue weighted by molar-refractivity contribution is 7.90. The van der Waals surface area contributed by atoms with Crippen molar-refractivity contribution in [2.45, 2.75) is 6.04 Å². The summed E-state index contributed by atoms with van der Waals surface area (Å²) in [6.07, 6.45) is 1.28. The van der Waals surface area contributed by atoms with Crippen LogP contribution in [0.2, 0.25) is 0 Å². The molecular weight excluding hydrogens is 176 g/mol. The molecule has 0 saturated carbocycles. The molecule has 1 fully saturated rings. The number of sulfone groups is 1. The highest BCUT2D eigenvalue weighted by atomic mass is 32.2. The smallest absolute Gasteiger partial charge is 0.148 e. The predicted molar refractivity (Wildman–Crippen MR) is 49.0 cm³/mol. The fraction of sp³-hybridized carbons (Fsp3) is 1.00. The molecule has 4 nitrogen and oxygen atoms in total. The monoisotopic (exact) mass is 192 g/mol. The van der Waals surface area contributed by atoms with Gasteiger partial charge < -0.3 is 5.32 Å². The second-order valence-electron chi connectivity index (χ2n) is 3.42. The van der Waals surface area contributed by atoms with E-state index in [1.807, 2.05) is 7.05 Å². The lowest BCUT2D eigenvalue weighted by molar-refractivity contribution is 0.189. The number of likely N-dealkylation sites (N-methyl/N-ethyl adjacent to an activating group) is 1. The first-order valence-corrected chi connectivity index (χ1v) is 6.14. The van der Waals surface area contributed by atoms with Gasteiger partial charge in [0.1, 0.15) is 9.84 Å². The van der Waals surface area contributed by atoms with Crippen molar-refractivity contribution < 1.29 is 8.42 Å². The van der Waals surface area contributed by atoms with E-state index < -0.39 is 9.84 Å². The van der Waals surface area contributed by atoms with Gasteiger partial charge in [-0.1, -0.05) is 0 Å². The second kappa shape index (κ2) is 3.72. The third kappa shape index (κ3) is 3.08. The molecule has 1 aliphatic rings. The van der Waals surface area contributed by atoms with Crippen LogP contribution in [0.5, 0.6) is 0 Å². The van der Waals surface area contributed by atoms with Gasteiger partial charge in [0, 0.05) is 31.9 Å². The molecule has 1 saturated heterocycles. The third-order valence-corrected chi connectivity index (χ3v) is 3.12. The zero-order valence-electron chi connectivity index (χ0n) is 7.58. The zero-order chi connectivity index (χ0) is 9.19. The Bertz CT molecular complexity index is 234. The van der Waals surface area contributed by atoms with Gasteiger partial charge in [-0.25, -0.2) is 8.42 Å². The average Bonchev–Trinajstić information content (AvgIpc) is 1.78. The summed E-state index contributed by atoms with van der Waals surface area (Å²) >= 11 is 0. The van der Waals surface area contributed by atoms with E-state index in [4.69, 9.17) is 0 Å². The maximum absolute atomic E-state index is 10.8. The lowest BCUT2D eigenvalue weighted by Crippen LogP contribution is -2.56. The molecule has 0 bridgehead atoms. The number of nitrogens with zero attached hydrogens (tertiary/aromatic N) is 1. The van der Waals surface area contributed by atoms with E-state index in [0.29, 0.717) is 12.6 Å². The van der Waals surface area contributed by atoms with Gasteiger partial charge in [0.2, 0.25) is 0 Å². The van der Waals surface area contributed by atoms with Crippen LogP contribution < -0.4 is 5.32 Å². The molecule has 0 aromatic heterocycles. The van der Waals surface area contributed by atoms with Gasteiger partial charge in [-0.2, -0.15) is 0 Å². The molecule has 1 aliphatic heterocycles. The fourth-order valence-corrected chi connectivity index (χ4v) is 1.70. The number of hydrogen-bond donors (Lipinski definition) is 1. The SMILES string of the molecule is CN(CCS(C)(=O)=O)C1CNC1. The van der Waals surface area contributed by atoms with Crippen molar-refractivity contribution in [3.05, 3.63) is 0 Å². The summed E-state index contributed by atoms with van der Waals surface area (Å²) in [6, 6.07) is 0.534. The number of hydrogen-bond acceptors (Lipinski definition) is 4. The summed E-state index contributed by atoms with van der Waals surface area (Å²) in [5.74, 6) is 0.264. The molecule has 12 heavy (non-hydrogen) atoms. The largest absolute Gasteiger partial charge is 0.314 e. The first kappa shape index (κ1) is 9.95. The van der Waals surface area contributed by atoms with Gasteiger partial charge in [-0.15, -0.1) is 0 Å². The van der Waals surface area contributed by atoms with Crippen LogP contribution in [0.3, 0.4) is 0 Å². The molecule has 0 aliphatic carbocycles. The van der Waals surface area contributed by atoms with E-state index in [9.17, 15) is 8.42 Å². The molecule has 0 amide bonds. The second-order valence-corrected chi connectivity index (χ2v) is 5.68. The molecule has 1 rings (SSSR count). The minimum atomic E-state index is -2.80. The maximum Gasteiger partial charge on any atom is 0.148 e. The van der Waals surface area contributed by atoms with Crippen molar-refractivity contribution in [1.82, 2.24) is 10.2 Å². The Hall–Kier alpha value is -0.130. The fourth-order valence-electron chi connectivity index (χ4n) is 1.08. The minimum Gasteiger partial charge on any atom is -0.314 e. The Morgan fingerprint density at radius 3 is 2.42 bits per heavy atom. The molecule has 0 atom stereocenters. The average molecular weight is 192 g/mol. The lowest BCUT2D eigenvalue weighted by atomic mass is 10.1. The maximum atomic E-state index is 10.8. The van der Waals surface area contributed by atoms with E-state index >= 15 is 0 Å². The van der Waals surface area contributed by atoms with Gasteiger partial charge in [0.15, 0.2) is 0 Å². The normalized spacial score (nSPS) is 19.6. The van der Waals surface area contributed by atoms with Gasteiger partial charge in [-0.05, 0) is 7.05 Å². The Kier molecular flexibility index (Phi) is 3.09. The molecular formula is C7H16N2O2S. The van der Waals surface area contributed by atoms with Crippen molar-refractivity contribution in [3.8, 4) is 0 Å². The molecule has 1 heterocycles. The Labute approximate surface area is 73.9 Å². The van der Waals surface area contributed by atoms with Gasteiger partial charge >= 0.3 is 0 Å². The minimum absolute atomic E-state index is 0.264. The van der Waals surface area contributed by atoms with Crippen LogP contribution in [-0.4, -0.2) is 58.1 Å². The van der Waals surface area contributed by atoms with Crippen LogP contribution >= 0.6 is 0 Å². The van der Waals surface area contributed by atoms with E-state index in [0.717, 1.165) is 13.1 Å². The Balaban J connectivity index is 2.22. The van der Waals surface area contributed by atoms with Crippen molar-refractivity contribution >= 4 is 9.84 Å². The van der Waals surface area contributed by atoms with Gasteiger partial charge in [0.25, 0.3) is 0 Å². The Morgan fingerprint density at radius 1 is 1.50 bits per heavy atom. The van der Waals surface area contributed by atoms with Crippen molar-refractivity contribution in [3.63, 3.8) is 0 Å². The molecule has 0 unspecified atom stereocenters. The van der Waals surface area contributed by atoms with Crippen LogP contribution in [0, 0.1) is 0 Å². The van der Waals surface area contributed by atoms with Gasteiger partial charge in [0.05, 0.1) is 5.75 Å². The Morgan fingerprint density at radius 2 is 2.08 bits per heavy atom. The van der Waals surface area contributed by atoms with Crippen molar-refractivity contribution in [1.29, 1.82) is 0 Å². The zero-order valence-corrected chi connectivity index (χ0v) is 8.39. The van der Waals surface area contributed by atoms with E-state index in [2.05, 4.69) is 10.2 Å². The molecule has 1 N–H and O–H groups in total. The number of rotatable bonds is 4.